The van der Waals surface area contributed by atoms with Crippen LogP contribution in [0.2, 0.25) is 0 Å². The van der Waals surface area contributed by atoms with Crippen LogP contribution >= 0.6 is 0 Å². The molecule has 186 valence electrons. The van der Waals surface area contributed by atoms with Crippen LogP contribution in [0.5, 0.6) is 0 Å². The molecule has 34 heavy (non-hydrogen) atoms. The molecule has 9 heteroatoms. The number of aryl methyl sites for hydroxylation is 3. The molecular formula is C25H36N4O4S. The molecular weight excluding hydrogens is 452 g/mol. The summed E-state index contributed by atoms with van der Waals surface area (Å²) in [4.78, 5) is 27.9. The van der Waals surface area contributed by atoms with Gasteiger partial charge in [0.05, 0.1) is 5.69 Å². The average molecular weight is 489 g/mol. The van der Waals surface area contributed by atoms with E-state index in [1.54, 1.807) is 13.0 Å². The number of hydrogen-bond donors (Lipinski definition) is 1. The van der Waals surface area contributed by atoms with E-state index in [9.17, 15) is 18.0 Å². The first kappa shape index (κ1) is 27.3. The van der Waals surface area contributed by atoms with Crippen LogP contribution in [-0.4, -0.2) is 63.2 Å². The van der Waals surface area contributed by atoms with Crippen molar-refractivity contribution in [2.24, 2.45) is 0 Å². The van der Waals surface area contributed by atoms with Gasteiger partial charge in [-0.15, -0.1) is 0 Å². The molecule has 2 amide bonds. The standard InChI is InChI=1S/C25H36N4O4S/c1-8-22(25(31)26-5)28(16-21-11-9-10-18(2)14-21)24(30)17-29(34(32,33)27(6)7)23-15-19(3)12-13-20(23)4/h9-15,22H,8,16-17H2,1-7H3,(H,26,31). The summed E-state index contributed by atoms with van der Waals surface area (Å²) in [6, 6.07) is 12.4. The molecule has 8 nitrogen and oxygen atoms in total. The van der Waals surface area contributed by atoms with Gasteiger partial charge in [0.15, 0.2) is 0 Å². The zero-order valence-electron chi connectivity index (χ0n) is 21.1. The zero-order valence-corrected chi connectivity index (χ0v) is 21.9. The van der Waals surface area contributed by atoms with Crippen molar-refractivity contribution >= 4 is 27.7 Å². The highest BCUT2D eigenvalue weighted by Crippen LogP contribution is 2.26. The lowest BCUT2D eigenvalue weighted by atomic mass is 10.1. The van der Waals surface area contributed by atoms with E-state index in [1.807, 2.05) is 57.2 Å². The van der Waals surface area contributed by atoms with Crippen LogP contribution < -0.4 is 9.62 Å². The van der Waals surface area contributed by atoms with Crippen LogP contribution in [0.1, 0.15) is 35.6 Å². The van der Waals surface area contributed by atoms with E-state index in [2.05, 4.69) is 5.32 Å². The fraction of sp³-hybridized carbons (Fsp3) is 0.440. The molecule has 0 bridgehead atoms. The van der Waals surface area contributed by atoms with E-state index in [4.69, 9.17) is 0 Å². The van der Waals surface area contributed by atoms with E-state index in [0.29, 0.717) is 12.1 Å². The molecule has 0 fully saturated rings. The Kier molecular flexibility index (Phi) is 9.23. The lowest BCUT2D eigenvalue weighted by molar-refractivity contribution is -0.140. The minimum Gasteiger partial charge on any atom is -0.357 e. The average Bonchev–Trinajstić information content (AvgIpc) is 2.78. The first-order valence-electron chi connectivity index (χ1n) is 11.3. The molecule has 1 unspecified atom stereocenters. The first-order chi connectivity index (χ1) is 15.9. The number of hydrogen-bond acceptors (Lipinski definition) is 4. The number of anilines is 1. The SMILES string of the molecule is CCC(C(=O)NC)N(Cc1cccc(C)c1)C(=O)CN(c1cc(C)ccc1C)S(=O)(=O)N(C)C. The topological polar surface area (TPSA) is 90.0 Å². The van der Waals surface area contributed by atoms with Crippen LogP contribution in [0, 0.1) is 20.8 Å². The van der Waals surface area contributed by atoms with Crippen molar-refractivity contribution in [3.8, 4) is 0 Å². The maximum absolute atomic E-state index is 13.7. The summed E-state index contributed by atoms with van der Waals surface area (Å²) in [5, 5.41) is 2.63. The smallest absolute Gasteiger partial charge is 0.304 e. The van der Waals surface area contributed by atoms with Crippen molar-refractivity contribution in [3.63, 3.8) is 0 Å². The Morgan fingerprint density at radius 1 is 1.00 bits per heavy atom. The summed E-state index contributed by atoms with van der Waals surface area (Å²) in [7, 11) is 0.413. The molecule has 2 rings (SSSR count). The second kappa shape index (κ2) is 11.5. The largest absolute Gasteiger partial charge is 0.357 e. The lowest BCUT2D eigenvalue weighted by Gasteiger charge is -2.34. The fourth-order valence-electron chi connectivity index (χ4n) is 3.78. The Hall–Kier alpha value is -2.91. The minimum absolute atomic E-state index is 0.190. The number of likely N-dealkylation sites (N-methyl/N-ethyl adjacent to an activating group) is 1. The van der Waals surface area contributed by atoms with Crippen molar-refractivity contribution < 1.29 is 18.0 Å². The van der Waals surface area contributed by atoms with Gasteiger partial charge in [0, 0.05) is 27.7 Å². The fourth-order valence-corrected chi connectivity index (χ4v) is 4.90. The summed E-state index contributed by atoms with van der Waals surface area (Å²) in [6.07, 6.45) is 0.390. The van der Waals surface area contributed by atoms with E-state index in [1.165, 1.54) is 26.0 Å². The minimum atomic E-state index is -3.98. The van der Waals surface area contributed by atoms with Crippen molar-refractivity contribution in [2.45, 2.75) is 46.7 Å². The summed E-state index contributed by atoms with van der Waals surface area (Å²) in [5.74, 6) is -0.749. The van der Waals surface area contributed by atoms with Crippen molar-refractivity contribution in [1.82, 2.24) is 14.5 Å². The van der Waals surface area contributed by atoms with Crippen molar-refractivity contribution in [1.29, 1.82) is 0 Å². The van der Waals surface area contributed by atoms with Crippen molar-refractivity contribution in [2.75, 3.05) is 32.0 Å². The summed E-state index contributed by atoms with van der Waals surface area (Å²) in [6.45, 7) is 7.22. The summed E-state index contributed by atoms with van der Waals surface area (Å²) >= 11 is 0. The van der Waals surface area contributed by atoms with Gasteiger partial charge in [0.1, 0.15) is 12.6 Å². The summed E-state index contributed by atoms with van der Waals surface area (Å²) < 4.78 is 28.8. The normalized spacial score (nSPS) is 12.4. The highest BCUT2D eigenvalue weighted by Gasteiger charge is 2.34. The molecule has 0 heterocycles. The van der Waals surface area contributed by atoms with Crippen LogP contribution in [-0.2, 0) is 26.3 Å². The van der Waals surface area contributed by atoms with E-state index < -0.39 is 28.7 Å². The number of carbonyl (C=O) groups is 2. The van der Waals surface area contributed by atoms with Crippen LogP contribution in [0.4, 0.5) is 5.69 Å². The van der Waals surface area contributed by atoms with Crippen LogP contribution in [0.3, 0.4) is 0 Å². The lowest BCUT2D eigenvalue weighted by Crippen LogP contribution is -2.53. The third-order valence-corrected chi connectivity index (χ3v) is 7.53. The van der Waals surface area contributed by atoms with E-state index >= 15 is 0 Å². The number of nitrogens with one attached hydrogen (secondary N) is 1. The van der Waals surface area contributed by atoms with E-state index in [0.717, 1.165) is 30.9 Å². The van der Waals surface area contributed by atoms with Gasteiger partial charge in [-0.1, -0.05) is 48.9 Å². The number of amides is 2. The molecule has 2 aromatic rings. The molecule has 0 radical (unpaired) electrons. The molecule has 1 N–H and O–H groups in total. The Bertz CT molecular complexity index is 1130. The Labute approximate surface area is 203 Å². The van der Waals surface area contributed by atoms with Gasteiger partial charge >= 0.3 is 10.2 Å². The van der Waals surface area contributed by atoms with Crippen LogP contribution in [0.15, 0.2) is 42.5 Å². The first-order valence-corrected chi connectivity index (χ1v) is 12.7. The Balaban J connectivity index is 2.55. The third-order valence-electron chi connectivity index (χ3n) is 5.72. The van der Waals surface area contributed by atoms with Gasteiger partial charge < -0.3 is 10.2 Å². The van der Waals surface area contributed by atoms with Gasteiger partial charge in [-0.25, -0.2) is 4.31 Å². The molecule has 0 spiro atoms. The van der Waals surface area contributed by atoms with Gasteiger partial charge in [-0.3, -0.25) is 9.59 Å². The highest BCUT2D eigenvalue weighted by molar-refractivity contribution is 7.90. The van der Waals surface area contributed by atoms with E-state index in [-0.39, 0.29) is 12.5 Å². The maximum Gasteiger partial charge on any atom is 0.304 e. The van der Waals surface area contributed by atoms with Gasteiger partial charge in [0.25, 0.3) is 0 Å². The summed E-state index contributed by atoms with van der Waals surface area (Å²) in [5.41, 5.74) is 3.94. The monoisotopic (exact) mass is 488 g/mol. The molecule has 0 saturated carbocycles. The molecule has 0 aliphatic heterocycles. The zero-order chi connectivity index (χ0) is 25.6. The Morgan fingerprint density at radius 3 is 2.21 bits per heavy atom. The number of rotatable bonds is 10. The second-order valence-electron chi connectivity index (χ2n) is 8.64. The molecule has 0 aliphatic carbocycles. The number of benzene rings is 2. The third kappa shape index (κ3) is 6.36. The predicted molar refractivity (Wildman–Crippen MR) is 136 cm³/mol. The quantitative estimate of drug-likeness (QED) is 0.557. The second-order valence-corrected chi connectivity index (χ2v) is 10.7. The molecule has 1 atom stereocenters. The van der Waals surface area contributed by atoms with Gasteiger partial charge in [-0.2, -0.15) is 12.7 Å². The number of nitrogens with zero attached hydrogens (tertiary/aromatic N) is 3. The van der Waals surface area contributed by atoms with Crippen LogP contribution in [0.25, 0.3) is 0 Å². The molecule has 0 aliphatic rings. The predicted octanol–water partition coefficient (Wildman–Crippen LogP) is 2.78. The maximum atomic E-state index is 13.7. The van der Waals surface area contributed by atoms with Gasteiger partial charge in [-0.05, 0) is 49.9 Å². The highest BCUT2D eigenvalue weighted by atomic mass is 32.2. The molecule has 2 aromatic carbocycles. The molecule has 0 saturated heterocycles. The van der Waals surface area contributed by atoms with Gasteiger partial charge in [0.2, 0.25) is 11.8 Å². The number of carbonyl (C=O) groups excluding carboxylic acids is 2. The Morgan fingerprint density at radius 2 is 1.65 bits per heavy atom. The molecule has 0 aromatic heterocycles. The van der Waals surface area contributed by atoms with Crippen molar-refractivity contribution in [3.05, 3.63) is 64.7 Å².